The molecule has 0 amide bonds. The summed E-state index contributed by atoms with van der Waals surface area (Å²) in [6.45, 7) is 9.06. The number of carbonyl (C=O) groups excluding carboxylic acids is 1. The van der Waals surface area contributed by atoms with E-state index in [4.69, 9.17) is 23.3 Å². The largest absolute Gasteiger partial charge is 0.468 e. The summed E-state index contributed by atoms with van der Waals surface area (Å²) in [6.07, 6.45) is 0.392. The van der Waals surface area contributed by atoms with E-state index in [9.17, 15) is 18.9 Å². The van der Waals surface area contributed by atoms with Crippen molar-refractivity contribution in [2.45, 2.75) is 59.6 Å². The molecular weight excluding hydrogens is 505 g/mol. The van der Waals surface area contributed by atoms with Crippen molar-refractivity contribution in [1.29, 1.82) is 0 Å². The number of ether oxygens (including phenoxy) is 3. The maximum Gasteiger partial charge on any atom is 0.459 e. The van der Waals surface area contributed by atoms with E-state index >= 15 is 0 Å². The van der Waals surface area contributed by atoms with Crippen LogP contribution in [0, 0.1) is 12.3 Å². The fraction of sp³-hybridized carbons (Fsp3) is 0.542. The number of aryl methyl sites for hydroxylation is 1. The Morgan fingerprint density at radius 1 is 1.27 bits per heavy atom. The molecule has 2 heterocycles. The fourth-order valence-electron chi connectivity index (χ4n) is 3.61. The van der Waals surface area contributed by atoms with Crippen molar-refractivity contribution in [2.75, 3.05) is 20.3 Å². The first-order valence-corrected chi connectivity index (χ1v) is 13.3. The van der Waals surface area contributed by atoms with Crippen LogP contribution in [0.3, 0.4) is 0 Å². The second kappa shape index (κ2) is 11.7. The number of H-pyrrole nitrogens is 1. The van der Waals surface area contributed by atoms with Crippen LogP contribution in [0.4, 0.5) is 0 Å². The van der Waals surface area contributed by atoms with E-state index in [1.165, 1.54) is 24.8 Å². The van der Waals surface area contributed by atoms with Crippen molar-refractivity contribution in [2.24, 2.45) is 5.41 Å². The zero-order valence-corrected chi connectivity index (χ0v) is 22.7. The van der Waals surface area contributed by atoms with Gasteiger partial charge in [0.2, 0.25) is 0 Å². The van der Waals surface area contributed by atoms with Crippen molar-refractivity contribution >= 4 is 13.7 Å². The Morgan fingerprint density at radius 2 is 1.95 bits per heavy atom. The summed E-state index contributed by atoms with van der Waals surface area (Å²) in [5.41, 5.74) is 0.364. The molecule has 0 saturated carbocycles. The molecule has 12 nitrogen and oxygen atoms in total. The van der Waals surface area contributed by atoms with Crippen molar-refractivity contribution in [3.8, 4) is 5.75 Å². The summed E-state index contributed by atoms with van der Waals surface area (Å²) in [5, 5.41) is 2.57. The van der Waals surface area contributed by atoms with Gasteiger partial charge in [-0.1, -0.05) is 32.9 Å². The van der Waals surface area contributed by atoms with E-state index in [1.807, 2.05) is 12.1 Å². The lowest BCUT2D eigenvalue weighted by Gasteiger charge is -2.24. The van der Waals surface area contributed by atoms with Crippen molar-refractivity contribution in [3.05, 3.63) is 62.4 Å². The highest BCUT2D eigenvalue weighted by molar-refractivity contribution is 7.52. The third kappa shape index (κ3) is 8.11. The van der Waals surface area contributed by atoms with Crippen LogP contribution in [0.15, 0.2) is 40.1 Å². The average molecular weight is 540 g/mol. The van der Waals surface area contributed by atoms with Crippen LogP contribution < -0.4 is 20.9 Å². The summed E-state index contributed by atoms with van der Waals surface area (Å²) in [7, 11) is -2.91. The highest BCUT2D eigenvalue weighted by Gasteiger charge is 2.36. The summed E-state index contributed by atoms with van der Waals surface area (Å²) >= 11 is 0. The summed E-state index contributed by atoms with van der Waals surface area (Å²) in [6, 6.07) is 6.08. The van der Waals surface area contributed by atoms with E-state index in [2.05, 4.69) is 30.8 Å². The molecule has 1 fully saturated rings. The van der Waals surface area contributed by atoms with E-state index in [0.29, 0.717) is 5.56 Å². The Hall–Kier alpha value is -2.76. The Bertz CT molecular complexity index is 1250. The molecular formula is C24H34N3O9P. The van der Waals surface area contributed by atoms with E-state index in [0.717, 1.165) is 12.0 Å². The van der Waals surface area contributed by atoms with Crippen LogP contribution in [0.1, 0.15) is 45.0 Å². The van der Waals surface area contributed by atoms with Crippen LogP contribution >= 0.6 is 7.75 Å². The van der Waals surface area contributed by atoms with Gasteiger partial charge in [0, 0.05) is 11.8 Å². The predicted molar refractivity (Wildman–Crippen MR) is 134 cm³/mol. The Labute approximate surface area is 214 Å². The molecule has 1 saturated heterocycles. The van der Waals surface area contributed by atoms with Gasteiger partial charge in [0.05, 0.1) is 13.7 Å². The van der Waals surface area contributed by atoms with Gasteiger partial charge in [-0.05, 0) is 43.4 Å². The van der Waals surface area contributed by atoms with Crippen LogP contribution in [0.2, 0.25) is 0 Å². The molecule has 2 aromatic rings. The number of nitrogens with one attached hydrogen (secondary N) is 2. The molecule has 1 aromatic carbocycles. The molecule has 4 atom stereocenters. The molecule has 3 rings (SSSR count). The first kappa shape index (κ1) is 28.8. The first-order valence-electron chi connectivity index (χ1n) is 11.8. The highest BCUT2D eigenvalue weighted by atomic mass is 31.2. The van der Waals surface area contributed by atoms with Gasteiger partial charge in [-0.2, -0.15) is 5.09 Å². The van der Waals surface area contributed by atoms with E-state index in [1.54, 1.807) is 19.1 Å². The number of esters is 1. The van der Waals surface area contributed by atoms with Gasteiger partial charge in [0.25, 0.3) is 5.56 Å². The highest BCUT2D eigenvalue weighted by Crippen LogP contribution is 2.45. The predicted octanol–water partition coefficient (Wildman–Crippen LogP) is 2.66. The average Bonchev–Trinajstić information content (AvgIpc) is 3.29. The molecule has 1 aliphatic heterocycles. The van der Waals surface area contributed by atoms with Gasteiger partial charge in [0.15, 0.2) is 12.5 Å². The number of hydrogen-bond acceptors (Lipinski definition) is 9. The van der Waals surface area contributed by atoms with Crippen molar-refractivity contribution < 1.29 is 32.6 Å². The molecule has 2 N–H and O–H groups in total. The molecule has 0 radical (unpaired) electrons. The molecule has 0 bridgehead atoms. The monoisotopic (exact) mass is 539 g/mol. The minimum absolute atomic E-state index is 0.00813. The SMILES string of the molecule is COC(=O)[C@H](C)NP(=O)(OC[C@@H]1OC[C@H](n2cc(C)c(=O)[nH]c2=O)O1)Oc1ccc(CC(C)(C)C)cc1. The zero-order chi connectivity index (χ0) is 27.4. The smallest absolute Gasteiger partial charge is 0.459 e. The summed E-state index contributed by atoms with van der Waals surface area (Å²) < 4.78 is 42.0. The maximum atomic E-state index is 13.6. The summed E-state index contributed by atoms with van der Waals surface area (Å²) in [5.74, 6) is -0.388. The number of carbonyl (C=O) groups is 1. The van der Waals surface area contributed by atoms with Gasteiger partial charge in [-0.3, -0.25) is 23.7 Å². The number of benzene rings is 1. The normalized spacial score (nSPS) is 20.3. The number of methoxy groups -OCH3 is 1. The summed E-state index contributed by atoms with van der Waals surface area (Å²) in [4.78, 5) is 37.9. The quantitative estimate of drug-likeness (QED) is 0.341. The molecule has 204 valence electrons. The van der Waals surface area contributed by atoms with Gasteiger partial charge < -0.3 is 18.7 Å². The Balaban J connectivity index is 1.70. The van der Waals surface area contributed by atoms with Gasteiger partial charge in [0.1, 0.15) is 18.4 Å². The van der Waals surface area contributed by atoms with Crippen LogP contribution in [0.25, 0.3) is 0 Å². The van der Waals surface area contributed by atoms with Crippen LogP contribution in [0.5, 0.6) is 5.75 Å². The maximum absolute atomic E-state index is 13.6. The van der Waals surface area contributed by atoms with Crippen LogP contribution in [-0.2, 0) is 34.5 Å². The number of aromatic nitrogens is 2. The second-order valence-corrected chi connectivity index (χ2v) is 11.7. The van der Waals surface area contributed by atoms with Gasteiger partial charge in [-0.25, -0.2) is 9.36 Å². The third-order valence-electron chi connectivity index (χ3n) is 5.36. The lowest BCUT2D eigenvalue weighted by atomic mass is 9.88. The minimum atomic E-state index is -4.12. The zero-order valence-electron chi connectivity index (χ0n) is 21.8. The standard InChI is InChI=1S/C24H34N3O9P/c1-15-12-27(23(30)25-21(15)28)19-13-33-20(35-19)14-34-37(31,26-16(2)22(29)32-6)36-18-9-7-17(8-10-18)11-24(3,4)5/h7-10,12,16,19-20H,11,13-14H2,1-6H3,(H,26,31)(H,25,28,30)/t16-,19+,20+,37?/m0/s1. The molecule has 1 aliphatic rings. The number of hydrogen-bond donors (Lipinski definition) is 2. The number of aromatic amines is 1. The molecule has 37 heavy (non-hydrogen) atoms. The van der Waals surface area contributed by atoms with E-state index in [-0.39, 0.29) is 24.4 Å². The minimum Gasteiger partial charge on any atom is -0.468 e. The Kier molecular flexibility index (Phi) is 9.14. The van der Waals surface area contributed by atoms with Gasteiger partial charge >= 0.3 is 19.4 Å². The van der Waals surface area contributed by atoms with Crippen LogP contribution in [-0.4, -0.2) is 48.2 Å². The molecule has 1 aromatic heterocycles. The third-order valence-corrected chi connectivity index (χ3v) is 7.00. The second-order valence-electron chi connectivity index (χ2n) is 9.97. The fourth-order valence-corrected chi connectivity index (χ4v) is 5.09. The molecule has 0 aliphatic carbocycles. The number of rotatable bonds is 10. The first-order chi connectivity index (χ1) is 17.3. The van der Waals surface area contributed by atoms with Gasteiger partial charge in [-0.15, -0.1) is 0 Å². The van der Waals surface area contributed by atoms with Crippen molar-refractivity contribution in [3.63, 3.8) is 0 Å². The molecule has 1 unspecified atom stereocenters. The number of nitrogens with zero attached hydrogens (tertiary/aromatic N) is 1. The Morgan fingerprint density at radius 3 is 2.57 bits per heavy atom. The topological polar surface area (TPSA) is 147 Å². The molecule has 0 spiro atoms. The molecule has 13 heteroatoms. The lowest BCUT2D eigenvalue weighted by Crippen LogP contribution is -2.35. The van der Waals surface area contributed by atoms with Crippen molar-refractivity contribution in [1.82, 2.24) is 14.6 Å². The van der Waals surface area contributed by atoms with E-state index < -0.39 is 43.5 Å². The lowest BCUT2D eigenvalue weighted by molar-refractivity contribution is -0.142.